The Morgan fingerprint density at radius 1 is 1.07 bits per heavy atom. The summed E-state index contributed by atoms with van der Waals surface area (Å²) >= 11 is 4.24. The van der Waals surface area contributed by atoms with E-state index in [4.69, 9.17) is 16.6 Å². The van der Waals surface area contributed by atoms with Crippen LogP contribution in [0.25, 0.3) is 0 Å². The Labute approximate surface area is 83.2 Å². The van der Waals surface area contributed by atoms with Gasteiger partial charge in [-0.25, -0.2) is 15.6 Å². The lowest BCUT2D eigenvalue weighted by Crippen LogP contribution is -2.25. The number of rotatable bonds is 0. The van der Waals surface area contributed by atoms with Crippen molar-refractivity contribution in [2.24, 2.45) is 11.5 Å². The Morgan fingerprint density at radius 2 is 1.50 bits per heavy atom. The van der Waals surface area contributed by atoms with Gasteiger partial charge < -0.3 is 31.2 Å². The van der Waals surface area contributed by atoms with E-state index < -0.39 is 23.4 Å². The monoisotopic (exact) mass is 224 g/mol. The van der Waals surface area contributed by atoms with Gasteiger partial charge in [0.05, 0.1) is 0 Å². The molecule has 10 heteroatoms. The van der Waals surface area contributed by atoms with Crippen molar-refractivity contribution in [1.29, 1.82) is 10.8 Å². The van der Waals surface area contributed by atoms with Crippen LogP contribution in [-0.4, -0.2) is 28.9 Å². The number of ether oxygens (including phenoxy) is 3. The molecule has 9 nitrogen and oxygen atoms in total. The zero-order valence-electron chi connectivity index (χ0n) is 6.70. The first-order valence-electron chi connectivity index (χ1n) is 2.71. The van der Waals surface area contributed by atoms with Gasteiger partial charge >= 0.3 is 18.3 Å². The van der Waals surface area contributed by atoms with Gasteiger partial charge in [0, 0.05) is 0 Å². The SMILES string of the molecule is N=C(OC(=N)OC(N)=S)OC(N)=O.O. The molecule has 0 heterocycles. The maximum Gasteiger partial charge on any atom is 0.413 e. The summed E-state index contributed by atoms with van der Waals surface area (Å²) in [4.78, 5) is 10.0. The largest absolute Gasteiger partial charge is 0.413 e. The number of nitrogens with one attached hydrogen (secondary N) is 2. The standard InChI is InChI=1S/C4H6N4O4S.H2O/c5-1(9)10-2(6)11-3(7)12-4(8)13;/h6-7H,(H2,5,9)(H2,8,13);1H2. The minimum absolute atomic E-state index is 0. The number of nitrogens with two attached hydrogens (primary N) is 2. The molecule has 0 aromatic rings. The van der Waals surface area contributed by atoms with E-state index in [0.29, 0.717) is 0 Å². The van der Waals surface area contributed by atoms with Crippen LogP contribution in [0.3, 0.4) is 0 Å². The summed E-state index contributed by atoms with van der Waals surface area (Å²) in [6.45, 7) is 0. The van der Waals surface area contributed by atoms with Crippen molar-refractivity contribution in [3.63, 3.8) is 0 Å². The fourth-order valence-corrected chi connectivity index (χ4v) is 0.384. The molecule has 0 aliphatic carbocycles. The molecule has 0 fully saturated rings. The van der Waals surface area contributed by atoms with Gasteiger partial charge in [-0.05, 0) is 12.2 Å². The molecule has 0 aromatic carbocycles. The second-order valence-electron chi connectivity index (χ2n) is 1.52. The Morgan fingerprint density at radius 3 is 1.86 bits per heavy atom. The summed E-state index contributed by atoms with van der Waals surface area (Å²) in [6, 6.07) is 0. The molecule has 0 unspecified atom stereocenters. The minimum Gasteiger partial charge on any atom is -0.412 e. The van der Waals surface area contributed by atoms with Crippen molar-refractivity contribution in [1.82, 2.24) is 0 Å². The Kier molecular flexibility index (Phi) is 6.83. The number of amides is 1. The van der Waals surface area contributed by atoms with Gasteiger partial charge in [-0.3, -0.25) is 0 Å². The molecule has 0 aliphatic heterocycles. The van der Waals surface area contributed by atoms with E-state index in [2.05, 4.69) is 32.2 Å². The number of primary amides is 1. The van der Waals surface area contributed by atoms with Crippen LogP contribution >= 0.6 is 12.2 Å². The van der Waals surface area contributed by atoms with E-state index in [1.54, 1.807) is 0 Å². The molecule has 14 heavy (non-hydrogen) atoms. The third-order valence-corrected chi connectivity index (χ3v) is 0.655. The quantitative estimate of drug-likeness (QED) is 0.219. The summed E-state index contributed by atoms with van der Waals surface area (Å²) in [5.41, 5.74) is 9.38. The fourth-order valence-electron chi connectivity index (χ4n) is 0.309. The van der Waals surface area contributed by atoms with Crippen LogP contribution in [0.2, 0.25) is 0 Å². The molecule has 0 saturated carbocycles. The van der Waals surface area contributed by atoms with Crippen LogP contribution in [0.5, 0.6) is 0 Å². The predicted octanol–water partition coefficient (Wildman–Crippen LogP) is -1.60. The molecule has 8 N–H and O–H groups in total. The van der Waals surface area contributed by atoms with Gasteiger partial charge in [-0.15, -0.1) is 0 Å². The summed E-state index contributed by atoms with van der Waals surface area (Å²) in [7, 11) is 0. The highest BCUT2D eigenvalue weighted by Gasteiger charge is 2.09. The van der Waals surface area contributed by atoms with Gasteiger partial charge in [-0.1, -0.05) is 0 Å². The van der Waals surface area contributed by atoms with Crippen LogP contribution in [-0.2, 0) is 14.2 Å². The average Bonchev–Trinajstić information content (AvgIpc) is 1.80. The van der Waals surface area contributed by atoms with Crippen molar-refractivity contribution in [3.05, 3.63) is 0 Å². The highest BCUT2D eigenvalue weighted by atomic mass is 32.1. The van der Waals surface area contributed by atoms with Gasteiger partial charge in [0.25, 0.3) is 5.17 Å². The van der Waals surface area contributed by atoms with E-state index >= 15 is 0 Å². The van der Waals surface area contributed by atoms with E-state index in [0.717, 1.165) is 0 Å². The first kappa shape index (κ1) is 14.6. The van der Waals surface area contributed by atoms with Crippen molar-refractivity contribution in [3.8, 4) is 0 Å². The first-order chi connectivity index (χ1) is 5.91. The highest BCUT2D eigenvalue weighted by Crippen LogP contribution is 1.87. The highest BCUT2D eigenvalue weighted by molar-refractivity contribution is 7.80. The third-order valence-electron chi connectivity index (χ3n) is 0.572. The second-order valence-corrected chi connectivity index (χ2v) is 1.92. The van der Waals surface area contributed by atoms with Crippen molar-refractivity contribution in [2.75, 3.05) is 0 Å². The summed E-state index contributed by atoms with van der Waals surface area (Å²) in [6.07, 6.45) is -3.14. The van der Waals surface area contributed by atoms with Gasteiger partial charge in [0.1, 0.15) is 0 Å². The number of carbonyl (C=O) groups excluding carboxylic acids is 1. The van der Waals surface area contributed by atoms with E-state index in [1.807, 2.05) is 0 Å². The first-order valence-corrected chi connectivity index (χ1v) is 3.12. The molecule has 0 spiro atoms. The summed E-state index contributed by atoms with van der Waals surface area (Å²) < 4.78 is 12.2. The molecule has 0 rings (SSSR count). The maximum atomic E-state index is 10.0. The van der Waals surface area contributed by atoms with Crippen LogP contribution in [0.15, 0.2) is 0 Å². The summed E-state index contributed by atoms with van der Waals surface area (Å²) in [5.74, 6) is 0. The second kappa shape index (κ2) is 6.56. The van der Waals surface area contributed by atoms with E-state index in [-0.39, 0.29) is 5.48 Å². The zero-order valence-corrected chi connectivity index (χ0v) is 7.51. The number of thiocarbonyl (C=S) groups is 1. The lowest BCUT2D eigenvalue weighted by atomic mass is 11.1. The van der Waals surface area contributed by atoms with Crippen molar-refractivity contribution < 1.29 is 24.5 Å². The molecule has 0 bridgehead atoms. The number of hydrogen-bond acceptors (Lipinski definition) is 7. The zero-order chi connectivity index (χ0) is 10.4. The minimum atomic E-state index is -1.24. The van der Waals surface area contributed by atoms with Crippen molar-refractivity contribution >= 4 is 35.7 Å². The Hall–Kier alpha value is -1.94. The lowest BCUT2D eigenvalue weighted by molar-refractivity contribution is 0.188. The molecule has 0 saturated heterocycles. The van der Waals surface area contributed by atoms with Crippen LogP contribution in [0.4, 0.5) is 4.79 Å². The smallest absolute Gasteiger partial charge is 0.412 e. The van der Waals surface area contributed by atoms with Crippen LogP contribution in [0.1, 0.15) is 0 Å². The van der Waals surface area contributed by atoms with Gasteiger partial charge in [0.2, 0.25) is 0 Å². The van der Waals surface area contributed by atoms with Gasteiger partial charge in [-0.2, -0.15) is 0 Å². The van der Waals surface area contributed by atoms with Crippen LogP contribution < -0.4 is 11.5 Å². The van der Waals surface area contributed by atoms with E-state index in [9.17, 15) is 4.79 Å². The summed E-state index contributed by atoms with van der Waals surface area (Å²) in [5, 5.41) is 13.1. The predicted molar refractivity (Wildman–Crippen MR) is 48.7 cm³/mol. The topological polar surface area (TPSA) is 176 Å². The molecule has 0 atom stereocenters. The molecule has 80 valence electrons. The average molecular weight is 224 g/mol. The molecular formula is C4H8N4O5S. The third kappa shape index (κ3) is 8.16. The lowest BCUT2D eigenvalue weighted by Gasteiger charge is -2.04. The number of carbonyl (C=O) groups is 1. The van der Waals surface area contributed by atoms with Crippen LogP contribution in [0, 0.1) is 10.8 Å². The Balaban J connectivity index is 0. The fraction of sp³-hybridized carbons (Fsp3) is 0. The molecule has 0 radical (unpaired) electrons. The number of hydrogen-bond donors (Lipinski definition) is 4. The molecular weight excluding hydrogens is 216 g/mol. The molecule has 0 aromatic heterocycles. The normalized spacial score (nSPS) is 7.71. The Bertz CT molecular complexity index is 240. The molecule has 1 amide bonds. The maximum absolute atomic E-state index is 10.0. The molecule has 0 aliphatic rings. The van der Waals surface area contributed by atoms with Crippen molar-refractivity contribution in [2.45, 2.75) is 0 Å². The van der Waals surface area contributed by atoms with E-state index in [1.165, 1.54) is 0 Å². The van der Waals surface area contributed by atoms with Gasteiger partial charge in [0.15, 0.2) is 0 Å².